The summed E-state index contributed by atoms with van der Waals surface area (Å²) in [6.07, 6.45) is 8.42. The molecular weight excluding hydrogens is 388 g/mol. The van der Waals surface area contributed by atoms with E-state index < -0.39 is 0 Å². The second-order valence-electron chi connectivity index (χ2n) is 8.96. The lowest BCUT2D eigenvalue weighted by Gasteiger charge is -2.55. The zero-order valence-electron chi connectivity index (χ0n) is 16.3. The van der Waals surface area contributed by atoms with Crippen LogP contribution in [-0.2, 0) is 9.59 Å². The molecular formula is C22H24N2O4S. The highest BCUT2D eigenvalue weighted by molar-refractivity contribution is 7.80. The van der Waals surface area contributed by atoms with Gasteiger partial charge in [0.2, 0.25) is 0 Å². The van der Waals surface area contributed by atoms with Crippen LogP contribution in [0.15, 0.2) is 23.9 Å². The maximum absolute atomic E-state index is 13.2. The number of methoxy groups -OCH3 is 1. The standard InChI is InChI=1S/C22H24N2O4S/c1-27-18-8-12(7-16-19(25)24-21(29)23-16)2-3-17(18)28-20(26)22-9-13-4-14(10-22)6-15(5-13)11-22/h2-3,7-8,13-15H,4-6,9-11H2,1H3,(H2,23,24,25,29). The topological polar surface area (TPSA) is 76.7 Å². The number of esters is 1. The summed E-state index contributed by atoms with van der Waals surface area (Å²) in [5, 5.41) is 5.63. The van der Waals surface area contributed by atoms with Gasteiger partial charge in [-0.2, -0.15) is 0 Å². The molecule has 1 heterocycles. The average Bonchev–Trinajstić information content (AvgIpc) is 2.98. The maximum atomic E-state index is 13.2. The number of hydrogen-bond donors (Lipinski definition) is 2. The third-order valence-electron chi connectivity index (χ3n) is 6.89. The second-order valence-corrected chi connectivity index (χ2v) is 9.37. The molecule has 1 aromatic carbocycles. The molecule has 6 rings (SSSR count). The molecule has 0 spiro atoms. The molecule has 1 saturated heterocycles. The maximum Gasteiger partial charge on any atom is 0.317 e. The minimum atomic E-state index is -0.317. The van der Waals surface area contributed by atoms with E-state index in [1.807, 2.05) is 0 Å². The predicted molar refractivity (Wildman–Crippen MR) is 111 cm³/mol. The lowest BCUT2D eigenvalue weighted by atomic mass is 9.49. The molecule has 1 aliphatic heterocycles. The normalized spacial score (nSPS) is 33.6. The summed E-state index contributed by atoms with van der Waals surface area (Å²) in [7, 11) is 1.55. The van der Waals surface area contributed by atoms with Crippen LogP contribution in [0.5, 0.6) is 11.5 Å². The fraction of sp³-hybridized carbons (Fsp3) is 0.500. The first-order chi connectivity index (χ1) is 13.9. The monoisotopic (exact) mass is 412 g/mol. The van der Waals surface area contributed by atoms with Crippen LogP contribution in [0.3, 0.4) is 0 Å². The van der Waals surface area contributed by atoms with E-state index in [1.54, 1.807) is 31.4 Å². The van der Waals surface area contributed by atoms with Gasteiger partial charge in [-0.15, -0.1) is 0 Å². The molecule has 29 heavy (non-hydrogen) atoms. The van der Waals surface area contributed by atoms with Crippen LogP contribution in [0.1, 0.15) is 44.1 Å². The fourth-order valence-corrected chi connectivity index (χ4v) is 6.28. The molecule has 0 radical (unpaired) electrons. The molecule has 0 aromatic heterocycles. The van der Waals surface area contributed by atoms with Crippen molar-refractivity contribution in [2.24, 2.45) is 23.2 Å². The molecule has 4 saturated carbocycles. The van der Waals surface area contributed by atoms with Crippen molar-refractivity contribution in [3.8, 4) is 11.5 Å². The van der Waals surface area contributed by atoms with E-state index in [4.69, 9.17) is 21.7 Å². The number of thiocarbonyl (C=S) groups is 1. The summed E-state index contributed by atoms with van der Waals surface area (Å²) in [5.41, 5.74) is 0.802. The van der Waals surface area contributed by atoms with Crippen LogP contribution in [0.25, 0.3) is 6.08 Å². The minimum absolute atomic E-state index is 0.108. The SMILES string of the molecule is COc1cc(C=C2NC(=S)NC2=O)ccc1OC(=O)C12CC3CC(CC(C3)C1)C2. The molecule has 2 N–H and O–H groups in total. The smallest absolute Gasteiger partial charge is 0.317 e. The number of ether oxygens (including phenoxy) is 2. The van der Waals surface area contributed by atoms with Crippen LogP contribution in [0, 0.1) is 23.2 Å². The van der Waals surface area contributed by atoms with Crippen LogP contribution >= 0.6 is 12.2 Å². The Bertz CT molecular complexity index is 903. The molecule has 5 fully saturated rings. The predicted octanol–water partition coefficient (Wildman–Crippen LogP) is 3.16. The number of carbonyl (C=O) groups is 2. The van der Waals surface area contributed by atoms with Crippen LogP contribution in [0.4, 0.5) is 0 Å². The highest BCUT2D eigenvalue weighted by Crippen LogP contribution is 2.60. The van der Waals surface area contributed by atoms with Gasteiger partial charge < -0.3 is 14.8 Å². The highest BCUT2D eigenvalue weighted by Gasteiger charge is 2.55. The Balaban J connectivity index is 1.36. The lowest BCUT2D eigenvalue weighted by molar-refractivity contribution is -0.161. The highest BCUT2D eigenvalue weighted by atomic mass is 32.1. The molecule has 5 aliphatic rings. The summed E-state index contributed by atoms with van der Waals surface area (Å²) in [4.78, 5) is 25.0. The van der Waals surface area contributed by atoms with Crippen molar-refractivity contribution in [2.45, 2.75) is 38.5 Å². The minimum Gasteiger partial charge on any atom is -0.493 e. The number of hydrogen-bond acceptors (Lipinski definition) is 5. The van der Waals surface area contributed by atoms with E-state index in [-0.39, 0.29) is 22.4 Å². The Morgan fingerprint density at radius 2 is 1.76 bits per heavy atom. The first kappa shape index (κ1) is 18.6. The van der Waals surface area contributed by atoms with Gasteiger partial charge in [0.15, 0.2) is 16.6 Å². The molecule has 1 aromatic rings. The summed E-state index contributed by atoms with van der Waals surface area (Å²) in [6, 6.07) is 5.29. The second kappa shape index (κ2) is 6.83. The Morgan fingerprint density at radius 1 is 1.10 bits per heavy atom. The van der Waals surface area contributed by atoms with Crippen molar-refractivity contribution in [2.75, 3.05) is 7.11 Å². The Kier molecular flexibility index (Phi) is 4.38. The third-order valence-corrected chi connectivity index (χ3v) is 7.10. The van der Waals surface area contributed by atoms with E-state index in [2.05, 4.69) is 10.6 Å². The zero-order valence-corrected chi connectivity index (χ0v) is 17.1. The van der Waals surface area contributed by atoms with Gasteiger partial charge in [-0.1, -0.05) is 6.07 Å². The first-order valence-electron chi connectivity index (χ1n) is 10.2. The van der Waals surface area contributed by atoms with Gasteiger partial charge in [0.1, 0.15) is 5.70 Å². The van der Waals surface area contributed by atoms with Crippen molar-refractivity contribution >= 4 is 35.3 Å². The quantitative estimate of drug-likeness (QED) is 0.342. The van der Waals surface area contributed by atoms with E-state index >= 15 is 0 Å². The van der Waals surface area contributed by atoms with Crippen molar-refractivity contribution in [1.29, 1.82) is 0 Å². The first-order valence-corrected chi connectivity index (χ1v) is 10.6. The zero-order chi connectivity index (χ0) is 20.2. The molecule has 152 valence electrons. The molecule has 7 heteroatoms. The van der Waals surface area contributed by atoms with Gasteiger partial charge >= 0.3 is 5.97 Å². The van der Waals surface area contributed by atoms with Crippen molar-refractivity contribution in [3.05, 3.63) is 29.5 Å². The number of nitrogens with one attached hydrogen (secondary N) is 2. The van der Waals surface area contributed by atoms with Gasteiger partial charge in [0, 0.05) is 0 Å². The van der Waals surface area contributed by atoms with Crippen molar-refractivity contribution in [3.63, 3.8) is 0 Å². The summed E-state index contributed by atoms with van der Waals surface area (Å²) < 4.78 is 11.3. The summed E-state index contributed by atoms with van der Waals surface area (Å²) in [6.45, 7) is 0. The van der Waals surface area contributed by atoms with Crippen LogP contribution < -0.4 is 20.1 Å². The van der Waals surface area contributed by atoms with Gasteiger partial charge in [0.25, 0.3) is 5.91 Å². The lowest BCUT2D eigenvalue weighted by Crippen LogP contribution is -2.51. The van der Waals surface area contributed by atoms with E-state index in [9.17, 15) is 9.59 Å². The van der Waals surface area contributed by atoms with Gasteiger partial charge in [-0.05, 0) is 92.3 Å². The largest absolute Gasteiger partial charge is 0.493 e. The van der Waals surface area contributed by atoms with Crippen LogP contribution in [0.2, 0.25) is 0 Å². The molecule has 1 amide bonds. The Labute approximate surface area is 175 Å². The van der Waals surface area contributed by atoms with E-state index in [1.165, 1.54) is 19.3 Å². The van der Waals surface area contributed by atoms with Gasteiger partial charge in [0.05, 0.1) is 12.5 Å². The van der Waals surface area contributed by atoms with Crippen LogP contribution in [-0.4, -0.2) is 24.1 Å². The molecule has 0 unspecified atom stereocenters. The Morgan fingerprint density at radius 3 is 2.31 bits per heavy atom. The van der Waals surface area contributed by atoms with Gasteiger partial charge in [-0.25, -0.2) is 0 Å². The summed E-state index contributed by atoms with van der Waals surface area (Å²) >= 11 is 4.95. The van der Waals surface area contributed by atoms with Crippen molar-refractivity contribution in [1.82, 2.24) is 10.6 Å². The third kappa shape index (κ3) is 3.31. The van der Waals surface area contributed by atoms with Crippen molar-refractivity contribution < 1.29 is 19.1 Å². The van der Waals surface area contributed by atoms with E-state index in [0.29, 0.717) is 34.9 Å². The number of carbonyl (C=O) groups excluding carboxylic acids is 2. The molecule has 4 aliphatic carbocycles. The van der Waals surface area contributed by atoms with E-state index in [0.717, 1.165) is 24.8 Å². The number of rotatable bonds is 4. The Hall–Kier alpha value is -2.41. The molecule has 4 bridgehead atoms. The number of benzene rings is 1. The average molecular weight is 413 g/mol. The summed E-state index contributed by atoms with van der Waals surface area (Å²) in [5.74, 6) is 2.56. The fourth-order valence-electron chi connectivity index (χ4n) is 6.08. The number of amides is 1. The molecule has 0 atom stereocenters. The van der Waals surface area contributed by atoms with Gasteiger partial charge in [-0.3, -0.25) is 14.9 Å². The molecule has 6 nitrogen and oxygen atoms in total.